The molecule has 11 heteroatoms. The number of hydrogen-bond acceptors (Lipinski definition) is 5. The number of alkyl halides is 3. The van der Waals surface area contributed by atoms with Crippen molar-refractivity contribution in [2.45, 2.75) is 11.6 Å². The minimum atomic E-state index is -4.42. The summed E-state index contributed by atoms with van der Waals surface area (Å²) in [7, 11) is 1.55. The van der Waals surface area contributed by atoms with E-state index < -0.39 is 17.1 Å². The van der Waals surface area contributed by atoms with Crippen LogP contribution < -0.4 is 10.1 Å². The van der Waals surface area contributed by atoms with Crippen molar-refractivity contribution >= 4 is 29.4 Å². The Morgan fingerprint density at radius 3 is 2.54 bits per heavy atom. The van der Waals surface area contributed by atoms with Gasteiger partial charge in [-0.25, -0.2) is 4.79 Å². The molecule has 2 aliphatic rings. The van der Waals surface area contributed by atoms with E-state index in [1.807, 2.05) is 12.1 Å². The second-order valence-corrected chi connectivity index (χ2v) is 9.40. The molecule has 2 fully saturated rings. The largest absolute Gasteiger partial charge is 0.495 e. The van der Waals surface area contributed by atoms with Crippen molar-refractivity contribution in [3.05, 3.63) is 59.7 Å². The van der Waals surface area contributed by atoms with Gasteiger partial charge in [0.25, 0.3) is 0 Å². The van der Waals surface area contributed by atoms with Crippen molar-refractivity contribution in [2.75, 3.05) is 57.4 Å². The lowest BCUT2D eigenvalue weighted by Gasteiger charge is -2.36. The zero-order chi connectivity index (χ0) is 25.0. The molecule has 0 aliphatic carbocycles. The molecule has 0 radical (unpaired) electrons. The van der Waals surface area contributed by atoms with E-state index in [4.69, 9.17) is 4.74 Å². The number of nitrogens with zero attached hydrogens (tertiary/aromatic N) is 3. The first-order valence-corrected chi connectivity index (χ1v) is 12.3. The number of rotatable bonds is 6. The van der Waals surface area contributed by atoms with Gasteiger partial charge in [-0.1, -0.05) is 24.3 Å². The molecule has 2 saturated heterocycles. The number of anilines is 1. The number of carbonyl (C=O) groups excluding carboxylic acids is 2. The first kappa shape index (κ1) is 25.2. The summed E-state index contributed by atoms with van der Waals surface area (Å²) in [6, 6.07) is 12.2. The number of amides is 3. The van der Waals surface area contributed by atoms with E-state index in [2.05, 4.69) is 10.2 Å². The predicted molar refractivity (Wildman–Crippen MR) is 128 cm³/mol. The summed E-state index contributed by atoms with van der Waals surface area (Å²) in [6.45, 7) is 3.34. The number of hydrogen-bond donors (Lipinski definition) is 1. The molecule has 7 nitrogen and oxygen atoms in total. The van der Waals surface area contributed by atoms with Crippen LogP contribution in [0.3, 0.4) is 0 Å². The number of thioether (sulfide) groups is 1. The van der Waals surface area contributed by atoms with Gasteiger partial charge >= 0.3 is 12.2 Å². The van der Waals surface area contributed by atoms with Gasteiger partial charge in [0.15, 0.2) is 0 Å². The average Bonchev–Trinajstić information content (AvgIpc) is 3.23. The highest BCUT2D eigenvalue weighted by atomic mass is 32.2. The normalized spacial score (nSPS) is 19.2. The maximum atomic E-state index is 13.1. The fraction of sp³-hybridized carbons (Fsp3) is 0.417. The minimum absolute atomic E-state index is 0.0766. The molecule has 35 heavy (non-hydrogen) atoms. The number of ether oxygens (including phenoxy) is 1. The highest BCUT2D eigenvalue weighted by Gasteiger charge is 2.36. The zero-order valence-corrected chi connectivity index (χ0v) is 20.1. The summed E-state index contributed by atoms with van der Waals surface area (Å²) in [5.41, 5.74) is 0.374. The fourth-order valence-corrected chi connectivity index (χ4v) is 5.41. The molecule has 0 spiro atoms. The highest BCUT2D eigenvalue weighted by Crippen LogP contribution is 2.40. The van der Waals surface area contributed by atoms with Gasteiger partial charge in [0.2, 0.25) is 5.91 Å². The smallest absolute Gasteiger partial charge is 0.416 e. The van der Waals surface area contributed by atoms with Gasteiger partial charge in [0, 0.05) is 39.3 Å². The summed E-state index contributed by atoms with van der Waals surface area (Å²) >= 11 is 1.34. The van der Waals surface area contributed by atoms with E-state index in [0.29, 0.717) is 56.3 Å². The molecule has 2 heterocycles. The van der Waals surface area contributed by atoms with Crippen molar-refractivity contribution in [1.82, 2.24) is 14.7 Å². The Labute approximate surface area is 206 Å². The van der Waals surface area contributed by atoms with Crippen molar-refractivity contribution in [1.29, 1.82) is 0 Å². The van der Waals surface area contributed by atoms with Crippen LogP contribution in [0.15, 0.2) is 48.5 Å². The summed E-state index contributed by atoms with van der Waals surface area (Å²) in [5, 5.41) is 2.44. The maximum Gasteiger partial charge on any atom is 0.416 e. The molecule has 1 N–H and O–H groups in total. The summed E-state index contributed by atoms with van der Waals surface area (Å²) in [4.78, 5) is 30.7. The third-order valence-electron chi connectivity index (χ3n) is 6.13. The van der Waals surface area contributed by atoms with Crippen LogP contribution in [-0.2, 0) is 11.0 Å². The Balaban J connectivity index is 1.30. The van der Waals surface area contributed by atoms with Gasteiger partial charge in [0.05, 0.1) is 24.1 Å². The van der Waals surface area contributed by atoms with Crippen LogP contribution >= 0.6 is 11.8 Å². The van der Waals surface area contributed by atoms with Gasteiger partial charge in [-0.15, -0.1) is 11.8 Å². The number of benzene rings is 2. The molecule has 2 aromatic carbocycles. The topological polar surface area (TPSA) is 65.1 Å². The van der Waals surface area contributed by atoms with Crippen LogP contribution in [0, 0.1) is 0 Å². The van der Waals surface area contributed by atoms with E-state index in [0.717, 1.165) is 12.1 Å². The number of urea groups is 1. The van der Waals surface area contributed by atoms with Crippen molar-refractivity contribution in [3.8, 4) is 5.75 Å². The molecular weight excluding hydrogens is 481 g/mol. The number of carbonyl (C=O) groups is 2. The van der Waals surface area contributed by atoms with Gasteiger partial charge in [-0.2, -0.15) is 13.2 Å². The van der Waals surface area contributed by atoms with E-state index >= 15 is 0 Å². The van der Waals surface area contributed by atoms with E-state index in [1.165, 1.54) is 17.8 Å². The molecule has 1 atom stereocenters. The number of methoxy groups -OCH3 is 1. The van der Waals surface area contributed by atoms with Crippen molar-refractivity contribution < 1.29 is 27.5 Å². The molecule has 1 unspecified atom stereocenters. The van der Waals surface area contributed by atoms with Crippen LogP contribution in [0.2, 0.25) is 0 Å². The fourth-order valence-electron chi connectivity index (χ4n) is 4.21. The third kappa shape index (κ3) is 6.02. The molecule has 0 bridgehead atoms. The van der Waals surface area contributed by atoms with E-state index in [9.17, 15) is 22.8 Å². The highest BCUT2D eigenvalue weighted by molar-refractivity contribution is 8.00. The van der Waals surface area contributed by atoms with Gasteiger partial charge in [0.1, 0.15) is 11.1 Å². The minimum Gasteiger partial charge on any atom is -0.495 e. The summed E-state index contributed by atoms with van der Waals surface area (Å²) in [6.07, 6.45) is -4.42. The standard InChI is InChI=1S/C24H27F3N4O3S/c1-34-20-8-3-2-7-19(20)28-23(33)30-12-9-29(10-13-30)11-14-31-21(32)16-35-22(31)17-5-4-6-18(15-17)24(25,26)27/h2-8,15,22H,9-14,16H2,1H3,(H,28,33). The summed E-state index contributed by atoms with van der Waals surface area (Å²) in [5.74, 6) is 0.757. The third-order valence-corrected chi connectivity index (χ3v) is 7.39. The van der Waals surface area contributed by atoms with Crippen LogP contribution in [-0.4, -0.2) is 78.8 Å². The molecule has 4 rings (SSSR count). The SMILES string of the molecule is COc1ccccc1NC(=O)N1CCN(CCN2C(=O)CSC2c2cccc(C(F)(F)F)c2)CC1. The lowest BCUT2D eigenvalue weighted by molar-refractivity contribution is -0.137. The Morgan fingerprint density at radius 1 is 1.09 bits per heavy atom. The van der Waals surface area contributed by atoms with Crippen LogP contribution in [0.4, 0.5) is 23.7 Å². The number of nitrogens with one attached hydrogen (secondary N) is 1. The van der Waals surface area contributed by atoms with Gasteiger partial charge in [-0.05, 0) is 29.8 Å². The van der Waals surface area contributed by atoms with Crippen molar-refractivity contribution in [2.24, 2.45) is 0 Å². The molecule has 3 amide bonds. The number of para-hydroxylation sites is 2. The Hall–Kier alpha value is -2.92. The van der Waals surface area contributed by atoms with Crippen LogP contribution in [0.1, 0.15) is 16.5 Å². The van der Waals surface area contributed by atoms with E-state index in [1.54, 1.807) is 35.1 Å². The Kier molecular flexibility index (Phi) is 7.75. The first-order valence-electron chi connectivity index (χ1n) is 11.3. The first-order chi connectivity index (χ1) is 16.8. The molecule has 0 aromatic heterocycles. The number of piperazine rings is 1. The molecular formula is C24H27F3N4O3S. The quantitative estimate of drug-likeness (QED) is 0.636. The second kappa shape index (κ2) is 10.8. The van der Waals surface area contributed by atoms with Crippen LogP contribution in [0.25, 0.3) is 0 Å². The Bertz CT molecular complexity index is 1060. The summed E-state index contributed by atoms with van der Waals surface area (Å²) < 4.78 is 44.7. The lowest BCUT2D eigenvalue weighted by atomic mass is 10.1. The Morgan fingerprint density at radius 2 is 1.83 bits per heavy atom. The van der Waals surface area contributed by atoms with Crippen LogP contribution in [0.5, 0.6) is 5.75 Å². The number of halogens is 3. The molecule has 2 aliphatic heterocycles. The average molecular weight is 509 g/mol. The van der Waals surface area contributed by atoms with Crippen molar-refractivity contribution in [3.63, 3.8) is 0 Å². The maximum absolute atomic E-state index is 13.1. The lowest BCUT2D eigenvalue weighted by Crippen LogP contribution is -2.51. The van der Waals surface area contributed by atoms with Gasteiger partial charge in [-0.3, -0.25) is 9.69 Å². The molecule has 0 saturated carbocycles. The molecule has 2 aromatic rings. The van der Waals surface area contributed by atoms with E-state index in [-0.39, 0.29) is 17.7 Å². The van der Waals surface area contributed by atoms with Gasteiger partial charge < -0.3 is 19.9 Å². The zero-order valence-electron chi connectivity index (χ0n) is 19.3. The predicted octanol–water partition coefficient (Wildman–Crippen LogP) is 4.14. The monoisotopic (exact) mass is 508 g/mol. The molecule has 188 valence electrons. The second-order valence-electron chi connectivity index (χ2n) is 8.33.